The van der Waals surface area contributed by atoms with Gasteiger partial charge in [-0.25, -0.2) is 0 Å². The number of hydrogen-bond acceptors (Lipinski definition) is 6. The van der Waals surface area contributed by atoms with Crippen molar-refractivity contribution in [3.05, 3.63) is 17.1 Å². The number of amides is 1. The molecule has 2 aromatic heterocycles. The van der Waals surface area contributed by atoms with Crippen LogP contribution in [-0.4, -0.2) is 34.2 Å². The zero-order valence-electron chi connectivity index (χ0n) is 10.3. The standard InChI is InChI=1S/C12H14N4OS2/c13-9-8-1-3-15-16-12(8)19-10(9)11(17)14-5-7-2-4-18-6-7/h1,3,7H,2,4-6,13H2,(H,14,17). The van der Waals surface area contributed by atoms with Crippen LogP contribution in [0.3, 0.4) is 0 Å². The van der Waals surface area contributed by atoms with Gasteiger partial charge < -0.3 is 11.1 Å². The molecule has 100 valence electrons. The number of anilines is 1. The number of carbonyl (C=O) groups is 1. The molecule has 0 bridgehead atoms. The predicted molar refractivity (Wildman–Crippen MR) is 79.6 cm³/mol. The van der Waals surface area contributed by atoms with Crippen molar-refractivity contribution >= 4 is 44.9 Å². The third-order valence-electron chi connectivity index (χ3n) is 3.20. The molecule has 1 saturated heterocycles. The summed E-state index contributed by atoms with van der Waals surface area (Å²) < 4.78 is 0. The molecule has 0 aliphatic carbocycles. The van der Waals surface area contributed by atoms with Crippen LogP contribution in [0.15, 0.2) is 12.3 Å². The number of thioether (sulfide) groups is 1. The Hall–Kier alpha value is -1.34. The molecule has 1 fully saturated rings. The van der Waals surface area contributed by atoms with Crippen LogP contribution < -0.4 is 11.1 Å². The first-order chi connectivity index (χ1) is 9.25. The van der Waals surface area contributed by atoms with Crippen molar-refractivity contribution in [2.24, 2.45) is 5.92 Å². The van der Waals surface area contributed by atoms with Gasteiger partial charge in [0.25, 0.3) is 5.91 Å². The van der Waals surface area contributed by atoms with Gasteiger partial charge in [0.15, 0.2) is 0 Å². The van der Waals surface area contributed by atoms with Crippen LogP contribution in [0.5, 0.6) is 0 Å². The van der Waals surface area contributed by atoms with Gasteiger partial charge in [0.2, 0.25) is 0 Å². The summed E-state index contributed by atoms with van der Waals surface area (Å²) in [7, 11) is 0. The van der Waals surface area contributed by atoms with Gasteiger partial charge >= 0.3 is 0 Å². The SMILES string of the molecule is Nc1c(C(=O)NCC2CCSC2)sc2nnccc12. The third-order valence-corrected chi connectivity index (χ3v) is 5.54. The maximum Gasteiger partial charge on any atom is 0.263 e. The molecule has 0 radical (unpaired) electrons. The molecular weight excluding hydrogens is 280 g/mol. The molecule has 0 spiro atoms. The topological polar surface area (TPSA) is 80.9 Å². The summed E-state index contributed by atoms with van der Waals surface area (Å²) in [6.07, 6.45) is 2.77. The van der Waals surface area contributed by atoms with E-state index in [0.29, 0.717) is 21.3 Å². The summed E-state index contributed by atoms with van der Waals surface area (Å²) in [6.45, 7) is 0.727. The van der Waals surface area contributed by atoms with Gasteiger partial charge in [-0.1, -0.05) is 0 Å². The monoisotopic (exact) mass is 294 g/mol. The van der Waals surface area contributed by atoms with Crippen LogP contribution in [0.4, 0.5) is 5.69 Å². The number of hydrogen-bond donors (Lipinski definition) is 2. The summed E-state index contributed by atoms with van der Waals surface area (Å²) >= 11 is 3.24. The minimum Gasteiger partial charge on any atom is -0.397 e. The third kappa shape index (κ3) is 2.52. The molecule has 0 aromatic carbocycles. The molecule has 1 aliphatic rings. The molecule has 19 heavy (non-hydrogen) atoms. The Morgan fingerprint density at radius 1 is 1.58 bits per heavy atom. The fraction of sp³-hybridized carbons (Fsp3) is 0.417. The second-order valence-corrected chi connectivity index (χ2v) is 6.68. The predicted octanol–water partition coefficient (Wildman–Crippen LogP) is 1.76. The summed E-state index contributed by atoms with van der Waals surface area (Å²) in [6, 6.07) is 1.79. The first-order valence-corrected chi connectivity index (χ1v) is 8.08. The zero-order valence-corrected chi connectivity index (χ0v) is 11.9. The van der Waals surface area contributed by atoms with Gasteiger partial charge in [0, 0.05) is 11.9 Å². The van der Waals surface area contributed by atoms with Crippen molar-refractivity contribution in [2.75, 3.05) is 23.8 Å². The van der Waals surface area contributed by atoms with E-state index < -0.39 is 0 Å². The molecule has 1 atom stereocenters. The van der Waals surface area contributed by atoms with Gasteiger partial charge in [-0.15, -0.1) is 16.4 Å². The van der Waals surface area contributed by atoms with Crippen molar-refractivity contribution in [1.82, 2.24) is 15.5 Å². The number of nitrogen functional groups attached to an aromatic ring is 1. The van der Waals surface area contributed by atoms with Gasteiger partial charge in [-0.2, -0.15) is 16.9 Å². The lowest BCUT2D eigenvalue weighted by Crippen LogP contribution is -2.29. The Labute approximate surface area is 119 Å². The zero-order chi connectivity index (χ0) is 13.2. The highest BCUT2D eigenvalue weighted by Gasteiger charge is 2.20. The van der Waals surface area contributed by atoms with Crippen molar-refractivity contribution in [3.63, 3.8) is 0 Å². The Morgan fingerprint density at radius 3 is 3.21 bits per heavy atom. The van der Waals surface area contributed by atoms with E-state index in [1.54, 1.807) is 12.3 Å². The van der Waals surface area contributed by atoms with Gasteiger partial charge in [-0.3, -0.25) is 4.79 Å². The number of nitrogens with one attached hydrogen (secondary N) is 1. The van der Waals surface area contributed by atoms with Gasteiger partial charge in [0.05, 0.1) is 11.9 Å². The summed E-state index contributed by atoms with van der Waals surface area (Å²) in [4.78, 5) is 13.4. The van der Waals surface area contributed by atoms with Gasteiger partial charge in [-0.05, 0) is 29.9 Å². The van der Waals surface area contributed by atoms with E-state index in [9.17, 15) is 4.79 Å². The Kier molecular flexibility index (Phi) is 3.56. The molecule has 7 heteroatoms. The first kappa shape index (κ1) is 12.7. The second-order valence-electron chi connectivity index (χ2n) is 4.53. The van der Waals surface area contributed by atoms with E-state index in [0.717, 1.165) is 17.7 Å². The van der Waals surface area contributed by atoms with Crippen LogP contribution in [0.2, 0.25) is 0 Å². The number of carbonyl (C=O) groups excluding carboxylic acids is 1. The maximum absolute atomic E-state index is 12.2. The molecule has 2 aromatic rings. The van der Waals surface area contributed by atoms with Crippen molar-refractivity contribution in [1.29, 1.82) is 0 Å². The van der Waals surface area contributed by atoms with Crippen LogP contribution in [0.25, 0.3) is 10.2 Å². The van der Waals surface area contributed by atoms with Crippen molar-refractivity contribution in [3.8, 4) is 0 Å². The number of fused-ring (bicyclic) bond motifs is 1. The van der Waals surface area contributed by atoms with Crippen molar-refractivity contribution < 1.29 is 4.79 Å². The molecule has 1 unspecified atom stereocenters. The lowest BCUT2D eigenvalue weighted by molar-refractivity contribution is 0.0953. The molecule has 3 heterocycles. The fourth-order valence-electron chi connectivity index (χ4n) is 2.10. The molecule has 0 saturated carbocycles. The molecule has 1 aliphatic heterocycles. The Morgan fingerprint density at radius 2 is 2.47 bits per heavy atom. The summed E-state index contributed by atoms with van der Waals surface area (Å²) in [5, 5.41) is 11.6. The summed E-state index contributed by atoms with van der Waals surface area (Å²) in [5.74, 6) is 2.82. The quantitative estimate of drug-likeness (QED) is 0.901. The molecule has 3 N–H and O–H groups in total. The number of rotatable bonds is 3. The highest BCUT2D eigenvalue weighted by atomic mass is 32.2. The molecule has 1 amide bonds. The van der Waals surface area contributed by atoms with E-state index in [2.05, 4.69) is 15.5 Å². The van der Waals surface area contributed by atoms with Crippen LogP contribution in [0, 0.1) is 5.92 Å². The minimum absolute atomic E-state index is 0.0996. The number of thiophene rings is 1. The van der Waals surface area contributed by atoms with Crippen LogP contribution >= 0.6 is 23.1 Å². The largest absolute Gasteiger partial charge is 0.397 e. The van der Waals surface area contributed by atoms with E-state index >= 15 is 0 Å². The Balaban J connectivity index is 1.75. The van der Waals surface area contributed by atoms with Gasteiger partial charge in [0.1, 0.15) is 9.71 Å². The molecular formula is C12H14N4OS2. The smallest absolute Gasteiger partial charge is 0.263 e. The van der Waals surface area contributed by atoms with E-state index in [-0.39, 0.29) is 5.91 Å². The highest BCUT2D eigenvalue weighted by Crippen LogP contribution is 2.31. The minimum atomic E-state index is -0.0996. The number of nitrogens with two attached hydrogens (primary N) is 1. The summed E-state index contributed by atoms with van der Waals surface area (Å²) in [5.41, 5.74) is 6.51. The maximum atomic E-state index is 12.2. The fourth-order valence-corrected chi connectivity index (χ4v) is 4.34. The van der Waals surface area contributed by atoms with Crippen LogP contribution in [0.1, 0.15) is 16.1 Å². The highest BCUT2D eigenvalue weighted by molar-refractivity contribution is 7.99. The van der Waals surface area contributed by atoms with Crippen molar-refractivity contribution in [2.45, 2.75) is 6.42 Å². The normalized spacial score (nSPS) is 18.8. The average Bonchev–Trinajstić information content (AvgIpc) is 3.05. The lowest BCUT2D eigenvalue weighted by Gasteiger charge is -2.09. The van der Waals surface area contributed by atoms with E-state index in [1.807, 2.05) is 11.8 Å². The Bertz CT molecular complexity index is 607. The number of aromatic nitrogens is 2. The second kappa shape index (κ2) is 5.34. The van der Waals surface area contributed by atoms with E-state index in [1.165, 1.54) is 23.5 Å². The average molecular weight is 294 g/mol. The van der Waals surface area contributed by atoms with Crippen LogP contribution in [-0.2, 0) is 0 Å². The molecule has 5 nitrogen and oxygen atoms in total. The number of nitrogens with zero attached hydrogens (tertiary/aromatic N) is 2. The molecule has 3 rings (SSSR count). The lowest BCUT2D eigenvalue weighted by atomic mass is 10.1. The first-order valence-electron chi connectivity index (χ1n) is 6.11. The van der Waals surface area contributed by atoms with E-state index in [4.69, 9.17) is 5.73 Å².